The van der Waals surface area contributed by atoms with Crippen molar-refractivity contribution in [2.75, 3.05) is 87.7 Å². The van der Waals surface area contributed by atoms with Crippen LogP contribution >= 0.6 is 0 Å². The lowest BCUT2D eigenvalue weighted by molar-refractivity contribution is 0.102. The topological polar surface area (TPSA) is 83.1 Å². The van der Waals surface area contributed by atoms with Gasteiger partial charge in [0.15, 0.2) is 0 Å². The van der Waals surface area contributed by atoms with Crippen LogP contribution in [0.25, 0.3) is 0 Å². The van der Waals surface area contributed by atoms with Crippen molar-refractivity contribution in [1.29, 1.82) is 0 Å². The van der Waals surface area contributed by atoms with E-state index in [0.29, 0.717) is 62.6 Å². The molecular formula is C21H29FN6O3. The number of methoxy groups -OCH3 is 1. The third kappa shape index (κ3) is 5.80. The molecule has 1 aromatic carbocycles. The molecule has 168 valence electrons. The molecule has 2 heterocycles. The Morgan fingerprint density at radius 3 is 2.65 bits per heavy atom. The van der Waals surface area contributed by atoms with Gasteiger partial charge in [-0.25, -0.2) is 9.37 Å². The molecular weight excluding hydrogens is 403 g/mol. The fraction of sp³-hybridized carbons (Fsp3) is 0.476. The van der Waals surface area contributed by atoms with Gasteiger partial charge in [0.1, 0.15) is 17.3 Å². The van der Waals surface area contributed by atoms with Crippen LogP contribution in [-0.2, 0) is 9.47 Å². The summed E-state index contributed by atoms with van der Waals surface area (Å²) in [6.07, 6.45) is 0. The number of carbonyl (C=O) groups is 1. The molecule has 31 heavy (non-hydrogen) atoms. The Hall–Kier alpha value is -2.98. The number of hydrogen-bond donors (Lipinski definition) is 1. The van der Waals surface area contributed by atoms with Gasteiger partial charge in [-0.3, -0.25) is 4.79 Å². The summed E-state index contributed by atoms with van der Waals surface area (Å²) in [4.78, 5) is 27.7. The lowest BCUT2D eigenvalue weighted by atomic mass is 10.2. The number of halogens is 1. The van der Waals surface area contributed by atoms with Crippen LogP contribution in [0.3, 0.4) is 0 Å². The van der Waals surface area contributed by atoms with Crippen molar-refractivity contribution in [3.63, 3.8) is 0 Å². The highest BCUT2D eigenvalue weighted by atomic mass is 19.1. The van der Waals surface area contributed by atoms with E-state index in [9.17, 15) is 9.18 Å². The van der Waals surface area contributed by atoms with E-state index in [1.807, 2.05) is 16.8 Å². The molecule has 1 aliphatic heterocycles. The van der Waals surface area contributed by atoms with Gasteiger partial charge in [-0.05, 0) is 18.2 Å². The maximum absolute atomic E-state index is 14.0. The minimum absolute atomic E-state index is 0.228. The van der Waals surface area contributed by atoms with Gasteiger partial charge in [0.2, 0.25) is 5.95 Å². The number of carbonyl (C=O) groups excluding carboxylic acids is 1. The highest BCUT2D eigenvalue weighted by molar-refractivity contribution is 6.03. The molecule has 9 nitrogen and oxygen atoms in total. The first-order valence-electron chi connectivity index (χ1n) is 10.1. The van der Waals surface area contributed by atoms with E-state index in [0.717, 1.165) is 0 Å². The Morgan fingerprint density at radius 1 is 1.23 bits per heavy atom. The molecule has 1 aliphatic rings. The number of nitrogens with one attached hydrogen (secondary N) is 1. The first-order chi connectivity index (χ1) is 14.9. The lowest BCUT2D eigenvalue weighted by Crippen LogP contribution is -2.38. The average molecular weight is 433 g/mol. The second-order valence-corrected chi connectivity index (χ2v) is 7.44. The van der Waals surface area contributed by atoms with E-state index in [-0.39, 0.29) is 11.5 Å². The third-order valence-corrected chi connectivity index (χ3v) is 4.94. The predicted molar refractivity (Wildman–Crippen MR) is 119 cm³/mol. The number of hydrogen-bond acceptors (Lipinski definition) is 8. The van der Waals surface area contributed by atoms with Crippen molar-refractivity contribution in [2.24, 2.45) is 0 Å². The van der Waals surface area contributed by atoms with E-state index >= 15 is 0 Å². The van der Waals surface area contributed by atoms with E-state index in [1.54, 1.807) is 38.2 Å². The summed E-state index contributed by atoms with van der Waals surface area (Å²) in [6, 6.07) is 6.08. The normalized spacial score (nSPS) is 13.8. The highest BCUT2D eigenvalue weighted by Gasteiger charge is 2.20. The van der Waals surface area contributed by atoms with Gasteiger partial charge in [0.05, 0.1) is 25.5 Å². The second-order valence-electron chi connectivity index (χ2n) is 7.44. The van der Waals surface area contributed by atoms with Crippen molar-refractivity contribution in [1.82, 2.24) is 9.97 Å². The molecule has 2 aromatic rings. The number of likely N-dealkylation sites (N-methyl/N-ethyl adjacent to an activating group) is 1. The Kier molecular flexibility index (Phi) is 7.59. The molecule has 0 atom stereocenters. The average Bonchev–Trinajstić information content (AvgIpc) is 2.78. The van der Waals surface area contributed by atoms with Crippen molar-refractivity contribution in [3.8, 4) is 0 Å². The first-order valence-corrected chi connectivity index (χ1v) is 10.1. The van der Waals surface area contributed by atoms with Gasteiger partial charge < -0.3 is 29.5 Å². The van der Waals surface area contributed by atoms with Gasteiger partial charge in [0.25, 0.3) is 5.91 Å². The van der Waals surface area contributed by atoms with Crippen LogP contribution in [0.4, 0.5) is 27.5 Å². The first kappa shape index (κ1) is 22.7. The molecule has 1 amide bonds. The van der Waals surface area contributed by atoms with Gasteiger partial charge in [-0.15, -0.1) is 0 Å². The quantitative estimate of drug-likeness (QED) is 0.677. The Morgan fingerprint density at radius 2 is 1.97 bits per heavy atom. The minimum Gasteiger partial charge on any atom is -0.383 e. The smallest absolute Gasteiger partial charge is 0.274 e. The summed E-state index contributed by atoms with van der Waals surface area (Å²) < 4.78 is 24.5. The molecule has 1 N–H and O–H groups in total. The number of benzene rings is 1. The van der Waals surface area contributed by atoms with Crippen LogP contribution in [0.15, 0.2) is 24.3 Å². The molecule has 0 saturated carbocycles. The van der Waals surface area contributed by atoms with E-state index < -0.39 is 5.91 Å². The number of amides is 1. The molecule has 3 rings (SSSR count). The summed E-state index contributed by atoms with van der Waals surface area (Å²) in [7, 11) is 7.00. The fourth-order valence-electron chi connectivity index (χ4n) is 3.11. The van der Waals surface area contributed by atoms with Crippen LogP contribution < -0.4 is 20.0 Å². The van der Waals surface area contributed by atoms with E-state index in [4.69, 9.17) is 9.47 Å². The zero-order chi connectivity index (χ0) is 22.4. The van der Waals surface area contributed by atoms with Crippen molar-refractivity contribution < 1.29 is 18.7 Å². The van der Waals surface area contributed by atoms with Crippen LogP contribution in [0.2, 0.25) is 0 Å². The monoisotopic (exact) mass is 432 g/mol. The number of anilines is 4. The molecule has 0 aliphatic carbocycles. The summed E-state index contributed by atoms with van der Waals surface area (Å²) in [5.41, 5.74) is 1.09. The number of morpholine rings is 1. The minimum atomic E-state index is -0.394. The second kappa shape index (κ2) is 10.4. The lowest BCUT2D eigenvalue weighted by Gasteiger charge is -2.28. The van der Waals surface area contributed by atoms with E-state index in [1.165, 1.54) is 12.1 Å². The maximum Gasteiger partial charge on any atom is 0.274 e. The molecule has 0 unspecified atom stereocenters. The SMILES string of the molecule is COCCN(C)c1cc(C(=O)Nc2ccc(F)c(N(C)C)c2)nc(N2CCOCC2)n1. The summed E-state index contributed by atoms with van der Waals surface area (Å²) >= 11 is 0. The van der Waals surface area contributed by atoms with Gasteiger partial charge in [-0.2, -0.15) is 4.98 Å². The number of nitrogens with zero attached hydrogens (tertiary/aromatic N) is 5. The molecule has 1 fully saturated rings. The van der Waals surface area contributed by atoms with E-state index in [2.05, 4.69) is 15.3 Å². The number of rotatable bonds is 8. The zero-order valence-electron chi connectivity index (χ0n) is 18.4. The van der Waals surface area contributed by atoms with Crippen LogP contribution in [0.1, 0.15) is 10.5 Å². The fourth-order valence-corrected chi connectivity index (χ4v) is 3.11. The predicted octanol–water partition coefficient (Wildman–Crippen LogP) is 1.85. The van der Waals surface area contributed by atoms with Crippen molar-refractivity contribution in [3.05, 3.63) is 35.8 Å². The zero-order valence-corrected chi connectivity index (χ0v) is 18.4. The number of ether oxygens (including phenoxy) is 2. The van der Waals surface area contributed by atoms with Crippen LogP contribution in [0.5, 0.6) is 0 Å². The molecule has 0 radical (unpaired) electrons. The molecule has 10 heteroatoms. The molecule has 1 aromatic heterocycles. The summed E-state index contributed by atoms with van der Waals surface area (Å²) in [6.45, 7) is 3.60. The highest BCUT2D eigenvalue weighted by Crippen LogP contribution is 2.23. The molecule has 0 bridgehead atoms. The Labute approximate surface area is 181 Å². The van der Waals surface area contributed by atoms with Crippen LogP contribution in [-0.4, -0.2) is 83.6 Å². The summed E-state index contributed by atoms with van der Waals surface area (Å²) in [5, 5.41) is 2.81. The third-order valence-electron chi connectivity index (χ3n) is 4.94. The Balaban J connectivity index is 1.89. The number of aromatic nitrogens is 2. The van der Waals surface area contributed by atoms with Gasteiger partial charge in [0, 0.05) is 59.6 Å². The standard InChI is InChI=1S/C21H29FN6O3/c1-26(2)18-13-15(5-6-16(18)22)23-20(29)17-14-19(27(3)7-10-30-4)25-21(24-17)28-8-11-31-12-9-28/h5-6,13-14H,7-12H2,1-4H3,(H,23,29). The Bertz CT molecular complexity index is 905. The van der Waals surface area contributed by atoms with Gasteiger partial charge in [-0.1, -0.05) is 0 Å². The molecule has 0 spiro atoms. The maximum atomic E-state index is 14.0. The van der Waals surface area contributed by atoms with Crippen LogP contribution in [0, 0.1) is 5.82 Å². The van der Waals surface area contributed by atoms with Crippen molar-refractivity contribution in [2.45, 2.75) is 0 Å². The molecule has 1 saturated heterocycles. The van der Waals surface area contributed by atoms with Crippen molar-refractivity contribution >= 4 is 29.0 Å². The van der Waals surface area contributed by atoms with Gasteiger partial charge >= 0.3 is 0 Å². The largest absolute Gasteiger partial charge is 0.383 e. The summed E-state index contributed by atoms with van der Waals surface area (Å²) in [5.74, 6) is 0.339.